The second kappa shape index (κ2) is 3.49. The fourth-order valence-electron chi connectivity index (χ4n) is 1.01. The lowest BCUT2D eigenvalue weighted by atomic mass is 10.2. The molecule has 0 bridgehead atoms. The van der Waals surface area contributed by atoms with Gasteiger partial charge in [0, 0.05) is 5.56 Å². The lowest BCUT2D eigenvalue weighted by molar-refractivity contribution is 0.676. The van der Waals surface area contributed by atoms with E-state index in [0.29, 0.717) is 0 Å². The van der Waals surface area contributed by atoms with Gasteiger partial charge < -0.3 is 0 Å². The van der Waals surface area contributed by atoms with Crippen molar-refractivity contribution < 1.29 is 0 Å². The summed E-state index contributed by atoms with van der Waals surface area (Å²) >= 11 is 4.69. The van der Waals surface area contributed by atoms with E-state index in [1.54, 1.807) is 0 Å². The van der Waals surface area contributed by atoms with Gasteiger partial charge in [-0.15, -0.1) is 10.2 Å². The van der Waals surface area contributed by atoms with Gasteiger partial charge in [0.2, 0.25) is 6.17 Å². The SMILES string of the molecule is S=C1N=NC(c2ccccc2)N=N1. The molecule has 4 nitrogen and oxygen atoms in total. The summed E-state index contributed by atoms with van der Waals surface area (Å²) in [7, 11) is 0. The third kappa shape index (κ3) is 1.81. The van der Waals surface area contributed by atoms with Crippen LogP contribution in [0.25, 0.3) is 0 Å². The summed E-state index contributed by atoms with van der Waals surface area (Å²) in [4.78, 5) is 0. The molecule has 0 aliphatic carbocycles. The Morgan fingerprint density at radius 1 is 1.00 bits per heavy atom. The van der Waals surface area contributed by atoms with E-state index in [1.165, 1.54) is 0 Å². The Bertz CT molecular complexity index is 355. The molecule has 1 aromatic carbocycles. The molecule has 5 heteroatoms. The van der Waals surface area contributed by atoms with Gasteiger partial charge in [-0.25, -0.2) is 0 Å². The fourth-order valence-corrected chi connectivity index (χ4v) is 1.10. The predicted molar refractivity (Wildman–Crippen MR) is 51.5 cm³/mol. The van der Waals surface area contributed by atoms with Gasteiger partial charge in [0.05, 0.1) is 0 Å². The molecule has 2 rings (SSSR count). The van der Waals surface area contributed by atoms with Crippen molar-refractivity contribution in [2.24, 2.45) is 20.5 Å². The summed E-state index contributed by atoms with van der Waals surface area (Å²) in [5.41, 5.74) is 0.970. The maximum Gasteiger partial charge on any atom is 0.259 e. The van der Waals surface area contributed by atoms with Gasteiger partial charge in [0.1, 0.15) is 0 Å². The maximum absolute atomic E-state index is 4.69. The van der Waals surface area contributed by atoms with Gasteiger partial charge in [-0.3, -0.25) is 0 Å². The highest BCUT2D eigenvalue weighted by Gasteiger charge is 2.11. The van der Waals surface area contributed by atoms with Crippen molar-refractivity contribution in [1.82, 2.24) is 0 Å². The Hall–Kier alpha value is -1.49. The molecule has 13 heavy (non-hydrogen) atoms. The van der Waals surface area contributed by atoms with Gasteiger partial charge in [0.15, 0.2) is 0 Å². The van der Waals surface area contributed by atoms with Crippen LogP contribution in [0.3, 0.4) is 0 Å². The largest absolute Gasteiger partial charge is 0.259 e. The third-order valence-corrected chi connectivity index (χ3v) is 1.77. The van der Waals surface area contributed by atoms with Crippen LogP contribution in [0, 0.1) is 0 Å². The minimum absolute atomic E-state index is 0.187. The number of hydrogen-bond donors (Lipinski definition) is 0. The Morgan fingerprint density at radius 3 is 2.23 bits per heavy atom. The second-order valence-electron chi connectivity index (χ2n) is 2.50. The molecular weight excluding hydrogens is 184 g/mol. The zero-order chi connectivity index (χ0) is 9.10. The smallest absolute Gasteiger partial charge is 0.152 e. The van der Waals surface area contributed by atoms with Gasteiger partial charge in [-0.05, 0) is 12.2 Å². The summed E-state index contributed by atoms with van der Waals surface area (Å²) in [5, 5.41) is 15.4. The first-order valence-electron chi connectivity index (χ1n) is 3.77. The van der Waals surface area contributed by atoms with E-state index in [9.17, 15) is 0 Å². The second-order valence-corrected chi connectivity index (χ2v) is 2.86. The number of hydrogen-bond acceptors (Lipinski definition) is 3. The molecule has 0 fully saturated rings. The molecule has 64 valence electrons. The van der Waals surface area contributed by atoms with Crippen LogP contribution in [0.5, 0.6) is 0 Å². The minimum atomic E-state index is -0.326. The van der Waals surface area contributed by atoms with Gasteiger partial charge in [0.25, 0.3) is 5.11 Å². The first-order chi connectivity index (χ1) is 6.36. The van der Waals surface area contributed by atoms with E-state index in [-0.39, 0.29) is 11.3 Å². The van der Waals surface area contributed by atoms with Gasteiger partial charge >= 0.3 is 0 Å². The summed E-state index contributed by atoms with van der Waals surface area (Å²) in [5.74, 6) is 0. The highest BCUT2D eigenvalue weighted by molar-refractivity contribution is 7.80. The number of azo groups is 2. The number of rotatable bonds is 1. The Kier molecular flexibility index (Phi) is 2.18. The molecular formula is C8H6N4S. The van der Waals surface area contributed by atoms with E-state index in [2.05, 4.69) is 32.7 Å². The van der Waals surface area contributed by atoms with E-state index in [0.717, 1.165) is 5.56 Å². The van der Waals surface area contributed by atoms with Crippen molar-refractivity contribution in [2.45, 2.75) is 6.17 Å². The van der Waals surface area contributed by atoms with Crippen molar-refractivity contribution in [3.05, 3.63) is 35.9 Å². The summed E-state index contributed by atoms with van der Waals surface area (Å²) < 4.78 is 0. The highest BCUT2D eigenvalue weighted by atomic mass is 32.1. The first kappa shape index (κ1) is 8.12. The van der Waals surface area contributed by atoms with Crippen LogP contribution in [0.15, 0.2) is 50.8 Å². The average Bonchev–Trinajstić information content (AvgIpc) is 2.20. The average molecular weight is 190 g/mol. The molecule has 1 aromatic rings. The van der Waals surface area contributed by atoms with Crippen LogP contribution in [0.4, 0.5) is 0 Å². The van der Waals surface area contributed by atoms with Crippen molar-refractivity contribution in [3.8, 4) is 0 Å². The number of nitrogens with zero attached hydrogens (tertiary/aromatic N) is 4. The zero-order valence-corrected chi connectivity index (χ0v) is 7.48. The molecule has 0 amide bonds. The molecule has 0 N–H and O–H groups in total. The molecule has 0 unspecified atom stereocenters. The zero-order valence-electron chi connectivity index (χ0n) is 6.66. The molecule has 0 atom stereocenters. The Morgan fingerprint density at radius 2 is 1.62 bits per heavy atom. The molecule has 0 saturated heterocycles. The molecule has 1 aliphatic heterocycles. The molecule has 0 saturated carbocycles. The maximum atomic E-state index is 4.69. The van der Waals surface area contributed by atoms with Crippen molar-refractivity contribution in [3.63, 3.8) is 0 Å². The number of benzene rings is 1. The topological polar surface area (TPSA) is 49.4 Å². The summed E-state index contributed by atoms with van der Waals surface area (Å²) in [6, 6.07) is 9.64. The van der Waals surface area contributed by atoms with Gasteiger partial charge in [-0.1, -0.05) is 30.3 Å². The van der Waals surface area contributed by atoms with E-state index < -0.39 is 0 Å². The quantitative estimate of drug-likeness (QED) is 0.628. The molecule has 0 aromatic heterocycles. The molecule has 1 aliphatic rings. The minimum Gasteiger partial charge on any atom is -0.152 e. The van der Waals surface area contributed by atoms with Crippen molar-refractivity contribution in [1.29, 1.82) is 0 Å². The number of thiocarbonyl (C=S) groups is 1. The fraction of sp³-hybridized carbons (Fsp3) is 0.125. The van der Waals surface area contributed by atoms with Crippen LogP contribution < -0.4 is 0 Å². The third-order valence-electron chi connectivity index (χ3n) is 1.60. The van der Waals surface area contributed by atoms with Crippen LogP contribution in [-0.2, 0) is 0 Å². The highest BCUT2D eigenvalue weighted by Crippen LogP contribution is 2.22. The Balaban J connectivity index is 2.25. The lowest BCUT2D eigenvalue weighted by Crippen LogP contribution is -1.96. The predicted octanol–water partition coefficient (Wildman–Crippen LogP) is 2.89. The van der Waals surface area contributed by atoms with Crippen molar-refractivity contribution in [2.75, 3.05) is 0 Å². The molecule has 0 radical (unpaired) electrons. The lowest BCUT2D eigenvalue weighted by Gasteiger charge is -2.06. The normalized spacial score (nSPS) is 16.5. The monoisotopic (exact) mass is 190 g/mol. The standard InChI is InChI=1S/C8H6N4S/c13-8-11-9-7(10-12-8)6-4-2-1-3-5-6/h1-5,7H. The van der Waals surface area contributed by atoms with Crippen molar-refractivity contribution >= 4 is 17.3 Å². The van der Waals surface area contributed by atoms with E-state index >= 15 is 0 Å². The van der Waals surface area contributed by atoms with E-state index in [1.807, 2.05) is 30.3 Å². The molecule has 0 spiro atoms. The Labute approximate surface area is 80.4 Å². The first-order valence-corrected chi connectivity index (χ1v) is 4.18. The van der Waals surface area contributed by atoms with E-state index in [4.69, 9.17) is 0 Å². The van der Waals surface area contributed by atoms with Gasteiger partial charge in [-0.2, -0.15) is 10.2 Å². The summed E-state index contributed by atoms with van der Waals surface area (Å²) in [6.07, 6.45) is -0.326. The van der Waals surface area contributed by atoms with Crippen LogP contribution in [-0.4, -0.2) is 5.11 Å². The summed E-state index contributed by atoms with van der Waals surface area (Å²) in [6.45, 7) is 0. The molecule has 1 heterocycles. The van der Waals surface area contributed by atoms with Crippen LogP contribution >= 0.6 is 12.2 Å². The van der Waals surface area contributed by atoms with Crippen LogP contribution in [0.2, 0.25) is 0 Å². The van der Waals surface area contributed by atoms with Crippen LogP contribution in [0.1, 0.15) is 11.7 Å².